The molecule has 3 nitrogen and oxygen atoms in total. The van der Waals surface area contributed by atoms with Gasteiger partial charge in [-0.1, -0.05) is 152 Å². The minimum absolute atomic E-state index is 0.870. The molecule has 0 saturated carbocycles. The number of fused-ring (bicyclic) bond motifs is 9. The average molecular weight is 911 g/mol. The summed E-state index contributed by atoms with van der Waals surface area (Å²) in [7, 11) is 0. The fraction of sp³-hybridized carbons (Fsp3) is 0. The summed E-state index contributed by atoms with van der Waals surface area (Å²) in [5.41, 5.74) is 17.8. The highest BCUT2D eigenvalue weighted by molar-refractivity contribution is 7.25. The third-order valence-corrected chi connectivity index (χ3v) is 15.1. The number of rotatable bonds is 8. The zero-order valence-electron chi connectivity index (χ0n) is 38.0. The zero-order chi connectivity index (χ0) is 46.1. The molecule has 0 aliphatic heterocycles. The Balaban J connectivity index is 0.989. The van der Waals surface area contributed by atoms with E-state index in [1.165, 1.54) is 69.8 Å². The molecule has 328 valence electrons. The second-order valence-electron chi connectivity index (χ2n) is 18.1. The average Bonchev–Trinajstić information content (AvgIpc) is 4.11. The van der Waals surface area contributed by atoms with Crippen molar-refractivity contribution in [3.05, 3.63) is 255 Å². The van der Waals surface area contributed by atoms with Crippen LogP contribution in [0.3, 0.4) is 0 Å². The fourth-order valence-electron chi connectivity index (χ4n) is 10.6. The second kappa shape index (κ2) is 16.4. The Morgan fingerprint density at radius 1 is 0.286 bits per heavy atom. The van der Waals surface area contributed by atoms with E-state index in [9.17, 15) is 0 Å². The second-order valence-corrected chi connectivity index (χ2v) is 19.2. The van der Waals surface area contributed by atoms with Crippen LogP contribution in [-0.2, 0) is 0 Å². The lowest BCUT2D eigenvalue weighted by Gasteiger charge is -2.27. The molecule has 0 N–H and O–H groups in total. The summed E-state index contributed by atoms with van der Waals surface area (Å²) in [6.45, 7) is 0. The molecule has 3 heterocycles. The summed E-state index contributed by atoms with van der Waals surface area (Å²) in [6.07, 6.45) is 0. The minimum atomic E-state index is 0.870. The van der Waals surface area contributed by atoms with Crippen molar-refractivity contribution >= 4 is 92.3 Å². The van der Waals surface area contributed by atoms with E-state index in [1.807, 2.05) is 23.5 Å². The lowest BCUT2D eigenvalue weighted by Crippen LogP contribution is -2.10. The Kier molecular flexibility index (Phi) is 9.39. The van der Waals surface area contributed by atoms with E-state index in [-0.39, 0.29) is 0 Å². The molecule has 70 heavy (non-hydrogen) atoms. The molecule has 0 spiro atoms. The number of anilines is 3. The highest BCUT2D eigenvalue weighted by atomic mass is 32.1. The molecular formula is C66H42N2OS. The Labute approximate surface area is 409 Å². The van der Waals surface area contributed by atoms with Gasteiger partial charge in [-0.3, -0.25) is 0 Å². The van der Waals surface area contributed by atoms with E-state index >= 15 is 0 Å². The topological polar surface area (TPSA) is 21.3 Å². The predicted octanol–water partition coefficient (Wildman–Crippen LogP) is 19.2. The van der Waals surface area contributed by atoms with Crippen LogP contribution in [0.25, 0.3) is 114 Å². The molecule has 0 fully saturated rings. The van der Waals surface area contributed by atoms with Crippen molar-refractivity contribution in [2.24, 2.45) is 0 Å². The van der Waals surface area contributed by atoms with Gasteiger partial charge in [0.15, 0.2) is 0 Å². The van der Waals surface area contributed by atoms with Crippen LogP contribution in [0.4, 0.5) is 17.1 Å². The molecule has 4 heteroatoms. The molecule has 0 aliphatic rings. The first-order chi connectivity index (χ1) is 34.7. The minimum Gasteiger partial charge on any atom is -0.456 e. The van der Waals surface area contributed by atoms with Crippen LogP contribution in [0, 0.1) is 0 Å². The Hall–Kier alpha value is -8.96. The molecule has 11 aromatic carbocycles. The van der Waals surface area contributed by atoms with Crippen molar-refractivity contribution in [1.29, 1.82) is 0 Å². The molecule has 14 aromatic rings. The number of furan rings is 1. The molecule has 0 radical (unpaired) electrons. The number of para-hydroxylation sites is 2. The Morgan fingerprint density at radius 3 is 1.64 bits per heavy atom. The van der Waals surface area contributed by atoms with Gasteiger partial charge in [0.05, 0.1) is 11.0 Å². The first-order valence-corrected chi connectivity index (χ1v) is 24.6. The first-order valence-electron chi connectivity index (χ1n) is 23.8. The van der Waals surface area contributed by atoms with Gasteiger partial charge in [-0.2, -0.15) is 0 Å². The zero-order valence-corrected chi connectivity index (χ0v) is 38.8. The largest absolute Gasteiger partial charge is 0.456 e. The van der Waals surface area contributed by atoms with Crippen molar-refractivity contribution < 1.29 is 4.42 Å². The number of thiophene rings is 1. The smallest absolute Gasteiger partial charge is 0.135 e. The van der Waals surface area contributed by atoms with Crippen molar-refractivity contribution in [3.8, 4) is 50.2 Å². The fourth-order valence-corrected chi connectivity index (χ4v) is 11.7. The lowest BCUT2D eigenvalue weighted by atomic mass is 9.95. The lowest BCUT2D eigenvalue weighted by molar-refractivity contribution is 0.669. The maximum atomic E-state index is 6.38. The van der Waals surface area contributed by atoms with Gasteiger partial charge in [0.2, 0.25) is 0 Å². The molecule has 0 saturated heterocycles. The summed E-state index contributed by atoms with van der Waals surface area (Å²) in [4.78, 5) is 2.41. The van der Waals surface area contributed by atoms with Crippen LogP contribution >= 0.6 is 11.3 Å². The van der Waals surface area contributed by atoms with E-state index in [0.29, 0.717) is 0 Å². The van der Waals surface area contributed by atoms with Gasteiger partial charge in [-0.25, -0.2) is 0 Å². The number of hydrogen-bond donors (Lipinski definition) is 0. The summed E-state index contributed by atoms with van der Waals surface area (Å²) in [5, 5.41) is 7.18. The number of benzene rings is 11. The molecular weight excluding hydrogens is 869 g/mol. The van der Waals surface area contributed by atoms with Gasteiger partial charge >= 0.3 is 0 Å². The highest BCUT2D eigenvalue weighted by Gasteiger charge is 2.20. The maximum Gasteiger partial charge on any atom is 0.135 e. The number of aromatic nitrogens is 1. The Morgan fingerprint density at radius 2 is 0.843 bits per heavy atom. The predicted molar refractivity (Wildman–Crippen MR) is 297 cm³/mol. The van der Waals surface area contributed by atoms with Crippen LogP contribution < -0.4 is 4.90 Å². The quantitative estimate of drug-likeness (QED) is 0.151. The molecule has 0 unspecified atom stereocenters. The van der Waals surface area contributed by atoms with E-state index in [1.54, 1.807) is 0 Å². The standard InChI is InChI=1S/C66H42N2OS/c1-3-14-43(15-4-1)45-26-30-51(31-27-45)67(53-32-34-64-59(42-53)56-21-8-11-24-63(56)69-64)54-38-49(36-50(39-54)48-29-35-66-60(41-48)57-22-9-12-25-65(57)70-66)47-28-33-62-58(40-47)55-20-7-10-23-61(55)68(62)52-19-13-18-46(37-52)44-16-5-2-6-17-44/h1-42H. The molecule has 0 amide bonds. The molecule has 0 atom stereocenters. The third-order valence-electron chi connectivity index (χ3n) is 14.0. The van der Waals surface area contributed by atoms with Gasteiger partial charge in [-0.05, 0) is 148 Å². The van der Waals surface area contributed by atoms with Gasteiger partial charge in [-0.15, -0.1) is 11.3 Å². The van der Waals surface area contributed by atoms with Crippen LogP contribution in [0.5, 0.6) is 0 Å². The van der Waals surface area contributed by atoms with Crippen LogP contribution in [0.15, 0.2) is 259 Å². The SMILES string of the molecule is c1ccc(-c2ccc(N(c3cc(-c4ccc5sc6ccccc6c5c4)cc(-c4ccc5c(c4)c4ccccc4n5-c4cccc(-c5ccccc5)c4)c3)c3ccc4oc5ccccc5c4c3)cc2)cc1. The molecule has 3 aromatic heterocycles. The van der Waals surface area contributed by atoms with Gasteiger partial charge in [0.1, 0.15) is 11.2 Å². The van der Waals surface area contributed by atoms with E-state index in [4.69, 9.17) is 4.42 Å². The molecule has 0 aliphatic carbocycles. The van der Waals surface area contributed by atoms with Crippen molar-refractivity contribution in [2.75, 3.05) is 4.90 Å². The maximum absolute atomic E-state index is 6.38. The van der Waals surface area contributed by atoms with Crippen LogP contribution in [-0.4, -0.2) is 4.57 Å². The highest BCUT2D eigenvalue weighted by Crippen LogP contribution is 2.45. The van der Waals surface area contributed by atoms with Gasteiger partial charge in [0, 0.05) is 64.5 Å². The van der Waals surface area contributed by atoms with Crippen LogP contribution in [0.1, 0.15) is 0 Å². The third kappa shape index (κ3) is 6.80. The summed E-state index contributed by atoms with van der Waals surface area (Å²) in [6, 6.07) is 92.7. The number of nitrogens with zero attached hydrogens (tertiary/aromatic N) is 2. The first kappa shape index (κ1) is 40.1. The Bertz CT molecular complexity index is 4290. The summed E-state index contributed by atoms with van der Waals surface area (Å²) >= 11 is 1.85. The number of hydrogen-bond acceptors (Lipinski definition) is 3. The van der Waals surface area contributed by atoms with E-state index < -0.39 is 0 Å². The summed E-state index contributed by atoms with van der Waals surface area (Å²) < 4.78 is 11.4. The molecule has 14 rings (SSSR count). The summed E-state index contributed by atoms with van der Waals surface area (Å²) in [5.74, 6) is 0. The van der Waals surface area contributed by atoms with Gasteiger partial charge in [0.25, 0.3) is 0 Å². The molecule has 0 bridgehead atoms. The normalized spacial score (nSPS) is 11.7. The van der Waals surface area contributed by atoms with Crippen LogP contribution in [0.2, 0.25) is 0 Å². The van der Waals surface area contributed by atoms with Crippen molar-refractivity contribution in [2.45, 2.75) is 0 Å². The monoisotopic (exact) mass is 910 g/mol. The van der Waals surface area contributed by atoms with Crippen molar-refractivity contribution in [3.63, 3.8) is 0 Å². The van der Waals surface area contributed by atoms with Gasteiger partial charge < -0.3 is 13.9 Å². The van der Waals surface area contributed by atoms with E-state index in [0.717, 1.165) is 61.4 Å². The van der Waals surface area contributed by atoms with Crippen molar-refractivity contribution in [1.82, 2.24) is 4.57 Å². The van der Waals surface area contributed by atoms with E-state index in [2.05, 4.69) is 252 Å².